The molecule has 4 rings (SSSR count). The van der Waals surface area contributed by atoms with E-state index in [9.17, 15) is 0 Å². The molecule has 0 radical (unpaired) electrons. The van der Waals surface area contributed by atoms with Gasteiger partial charge in [0.05, 0.1) is 5.69 Å². The molecule has 0 amide bonds. The summed E-state index contributed by atoms with van der Waals surface area (Å²) in [5, 5.41) is 0. The predicted molar refractivity (Wildman–Crippen MR) is 173 cm³/mol. The minimum absolute atomic E-state index is 0.180. The number of pyridine rings is 1. The van der Waals surface area contributed by atoms with Gasteiger partial charge in [0.25, 0.3) is 0 Å². The van der Waals surface area contributed by atoms with E-state index in [0.717, 1.165) is 11.3 Å². The van der Waals surface area contributed by atoms with Crippen LogP contribution in [0.4, 0.5) is 0 Å². The first-order chi connectivity index (χ1) is 17.4. The summed E-state index contributed by atoms with van der Waals surface area (Å²) in [5.41, 5.74) is 11.6. The van der Waals surface area contributed by atoms with Gasteiger partial charge >= 0.3 is 0 Å². The van der Waals surface area contributed by atoms with Gasteiger partial charge in [-0.3, -0.25) is 15.0 Å². The Balaban J connectivity index is 1.84. The van der Waals surface area contributed by atoms with Crippen molar-refractivity contribution in [2.24, 2.45) is 0 Å². The molecule has 0 saturated carbocycles. The minimum Gasteiger partial charge on any atom is -0.256 e. The third-order valence-corrected chi connectivity index (χ3v) is 11.3. The fourth-order valence-electron chi connectivity index (χ4n) is 4.87. The lowest BCUT2D eigenvalue weighted by Gasteiger charge is -2.45. The first-order valence-electron chi connectivity index (χ1n) is 13.4. The number of nitrogens with zero attached hydrogens (tertiary/aromatic N) is 1. The van der Waals surface area contributed by atoms with Crippen LogP contribution in [0.15, 0.2) is 85.1 Å². The Morgan fingerprint density at radius 2 is 1.22 bits per heavy atom. The molecule has 0 spiro atoms. The Morgan fingerprint density at radius 3 is 1.73 bits per heavy atom. The van der Waals surface area contributed by atoms with Crippen molar-refractivity contribution in [2.45, 2.75) is 44.1 Å². The summed E-state index contributed by atoms with van der Waals surface area (Å²) in [6.07, 6.45) is 9.18. The third-order valence-electron chi connectivity index (χ3n) is 8.01. The second-order valence-electron chi connectivity index (χ2n) is 12.1. The maximum atomic E-state index is 4.70. The van der Waals surface area contributed by atoms with Gasteiger partial charge in [-0.2, -0.15) is 0 Å². The maximum absolute atomic E-state index is 4.70. The van der Waals surface area contributed by atoms with Gasteiger partial charge in [0.15, 0.2) is 0 Å². The predicted octanol–water partition coefficient (Wildman–Crippen LogP) is 7.40. The van der Waals surface area contributed by atoms with Gasteiger partial charge in [0.1, 0.15) is 15.7 Å². The molecule has 0 aliphatic heterocycles. The summed E-state index contributed by atoms with van der Waals surface area (Å²) in [6.45, 7) is 9.24. The molecule has 0 unspecified atom stereocenters. The zero-order valence-corrected chi connectivity index (χ0v) is 24.9. The molecule has 3 aromatic carbocycles. The van der Waals surface area contributed by atoms with E-state index >= 15 is 0 Å². The second kappa shape index (κ2) is 10.6. The van der Waals surface area contributed by atoms with Crippen LogP contribution in [0.25, 0.3) is 33.5 Å². The van der Waals surface area contributed by atoms with Crippen molar-refractivity contribution in [3.05, 3.63) is 102 Å². The van der Waals surface area contributed by atoms with Crippen LogP contribution in [0, 0.1) is 0 Å². The first-order valence-corrected chi connectivity index (χ1v) is 16.2. The Bertz CT molecular complexity index is 1340. The monoisotopic (exact) mass is 505 g/mol. The molecular weight excluding hydrogens is 464 g/mol. The molecular formula is C33H41B2NS. The lowest BCUT2D eigenvalue weighted by Crippen LogP contribution is -2.32. The highest BCUT2D eigenvalue weighted by atomic mass is 32.3. The van der Waals surface area contributed by atoms with Crippen LogP contribution in [0.2, 0.25) is 0 Å². The van der Waals surface area contributed by atoms with E-state index < -0.39 is 10.0 Å². The third kappa shape index (κ3) is 5.60. The number of aromatic nitrogens is 1. The number of rotatable bonds is 7. The van der Waals surface area contributed by atoms with Gasteiger partial charge in [0, 0.05) is 11.8 Å². The summed E-state index contributed by atoms with van der Waals surface area (Å²) in [5.74, 6) is 0.812. The zero-order valence-electron chi connectivity index (χ0n) is 24.1. The van der Waals surface area contributed by atoms with E-state index in [1.54, 1.807) is 0 Å². The van der Waals surface area contributed by atoms with Crippen LogP contribution < -0.4 is 0 Å². The summed E-state index contributed by atoms with van der Waals surface area (Å²) in [7, 11) is 4.04. The molecule has 0 fully saturated rings. The molecule has 1 nitrogen and oxygen atoms in total. The second-order valence-corrected chi connectivity index (χ2v) is 16.8. The molecule has 4 aromatic rings. The van der Waals surface area contributed by atoms with Gasteiger partial charge < -0.3 is 0 Å². The van der Waals surface area contributed by atoms with Crippen LogP contribution in [-0.2, 0) is 4.55 Å². The van der Waals surface area contributed by atoms with Crippen molar-refractivity contribution < 1.29 is 0 Å². The lowest BCUT2D eigenvalue weighted by atomic mass is 9.65. The van der Waals surface area contributed by atoms with Crippen molar-refractivity contribution in [1.29, 1.82) is 0 Å². The Hall–Kier alpha value is -2.71. The van der Waals surface area contributed by atoms with E-state index in [1.165, 1.54) is 38.9 Å². The lowest BCUT2D eigenvalue weighted by molar-refractivity contribution is 0.838. The van der Waals surface area contributed by atoms with Gasteiger partial charge in [0.2, 0.25) is 0 Å². The fraction of sp³-hybridized carbons (Fsp3) is 0.303. The molecule has 0 N–H and O–H groups in total. The molecule has 0 saturated heterocycles. The quantitative estimate of drug-likeness (QED) is 0.239. The molecule has 37 heavy (non-hydrogen) atoms. The molecule has 1 aromatic heterocycles. The summed E-state index contributed by atoms with van der Waals surface area (Å²) >= 11 is 0. The Morgan fingerprint density at radius 1 is 0.649 bits per heavy atom. The minimum atomic E-state index is -0.734. The summed E-state index contributed by atoms with van der Waals surface area (Å²) < 4.78 is 0.180. The van der Waals surface area contributed by atoms with Crippen molar-refractivity contribution in [1.82, 2.24) is 4.98 Å². The highest BCUT2D eigenvalue weighted by Crippen LogP contribution is 2.52. The van der Waals surface area contributed by atoms with Crippen LogP contribution in [0.1, 0.15) is 56.2 Å². The molecule has 0 aliphatic carbocycles. The Labute approximate surface area is 228 Å². The van der Waals surface area contributed by atoms with Crippen molar-refractivity contribution in [3.63, 3.8) is 0 Å². The fourth-order valence-corrected chi connectivity index (χ4v) is 5.71. The summed E-state index contributed by atoms with van der Waals surface area (Å²) in [6, 6.07) is 29.1. The van der Waals surface area contributed by atoms with E-state index in [4.69, 9.17) is 4.98 Å². The normalized spacial score (nSPS) is 12.8. The highest BCUT2D eigenvalue weighted by Gasteiger charge is 2.30. The molecule has 1 heterocycles. The van der Waals surface area contributed by atoms with E-state index in [0.29, 0.717) is 11.8 Å². The molecule has 0 atom stereocenters. The molecule has 0 aliphatic rings. The SMILES string of the molecule is BC(B)(c1ccc(-c2cc(C(C)C)c(-c3ccnc(-c4ccccc4)c3)c(C(C)C)c2)cc1)S(C)(C)C. The number of benzene rings is 3. The van der Waals surface area contributed by atoms with Crippen molar-refractivity contribution in [2.75, 3.05) is 18.8 Å². The van der Waals surface area contributed by atoms with Gasteiger partial charge in [-0.15, -0.1) is 0 Å². The Kier molecular flexibility index (Phi) is 7.81. The number of hydrogen-bond donors (Lipinski definition) is 0. The van der Waals surface area contributed by atoms with Crippen LogP contribution in [-0.4, -0.2) is 39.4 Å². The maximum Gasteiger partial charge on any atom is 0.115 e. The number of hydrogen-bond acceptors (Lipinski definition) is 1. The van der Waals surface area contributed by atoms with E-state index in [2.05, 4.69) is 141 Å². The van der Waals surface area contributed by atoms with E-state index in [-0.39, 0.29) is 4.55 Å². The van der Waals surface area contributed by atoms with Gasteiger partial charge in [-0.25, -0.2) is 0 Å². The highest BCUT2D eigenvalue weighted by molar-refractivity contribution is 8.34. The summed E-state index contributed by atoms with van der Waals surface area (Å²) in [4.78, 5) is 4.70. The van der Waals surface area contributed by atoms with E-state index in [1.807, 2.05) is 6.20 Å². The first kappa shape index (κ1) is 27.3. The van der Waals surface area contributed by atoms with Crippen molar-refractivity contribution >= 4 is 25.7 Å². The average molecular weight is 505 g/mol. The van der Waals surface area contributed by atoms with Crippen molar-refractivity contribution in [3.8, 4) is 33.5 Å². The van der Waals surface area contributed by atoms with Crippen LogP contribution >= 0.6 is 10.0 Å². The largest absolute Gasteiger partial charge is 0.256 e. The smallest absolute Gasteiger partial charge is 0.115 e. The molecule has 190 valence electrons. The zero-order chi connectivity index (χ0) is 27.0. The average Bonchev–Trinajstić information content (AvgIpc) is 2.88. The topological polar surface area (TPSA) is 12.9 Å². The van der Waals surface area contributed by atoms with Gasteiger partial charge in [-0.05, 0) is 86.2 Å². The van der Waals surface area contributed by atoms with Crippen LogP contribution in [0.3, 0.4) is 0 Å². The molecule has 0 bridgehead atoms. The standard InChI is InChI=1S/C33H41B2NS/c1-22(2)29-19-27(24-13-15-28(16-14-24)33(34,35)37(5,6)7)20-30(23(3)4)32(29)26-17-18-36-31(21-26)25-11-9-8-10-12-25/h8-23H,34-35H2,1-7H3. The van der Waals surface area contributed by atoms with Gasteiger partial charge in [-0.1, -0.05) is 94.4 Å². The molecule has 4 heteroatoms. The van der Waals surface area contributed by atoms with Crippen LogP contribution in [0.5, 0.6) is 0 Å².